The van der Waals surface area contributed by atoms with E-state index in [0.717, 1.165) is 24.6 Å². The zero-order valence-corrected chi connectivity index (χ0v) is 28.4. The molecule has 0 aliphatic rings. The number of hydrogen-bond acceptors (Lipinski definition) is 18. The molecule has 4 rings (SSSR count). The fourth-order valence-electron chi connectivity index (χ4n) is 4.20. The van der Waals surface area contributed by atoms with Gasteiger partial charge in [0.2, 0.25) is 11.9 Å². The Kier molecular flexibility index (Phi) is 12.4. The van der Waals surface area contributed by atoms with E-state index in [1.807, 2.05) is 6.92 Å². The molecule has 0 radical (unpaired) electrons. The van der Waals surface area contributed by atoms with E-state index in [-0.39, 0.29) is 76.6 Å². The van der Waals surface area contributed by atoms with Crippen LogP contribution in [-0.4, -0.2) is 75.5 Å². The number of benzene rings is 3. The van der Waals surface area contributed by atoms with Gasteiger partial charge in [0.1, 0.15) is 16.3 Å². The Bertz CT molecular complexity index is 2150. The Hall–Kier alpha value is -4.75. The number of unbranched alkanes of at least 4 members (excludes halogenated alkanes) is 1. The molecule has 7 N–H and O–H groups in total. The van der Waals surface area contributed by atoms with Crippen LogP contribution in [0.4, 0.5) is 29.0 Å². The predicted molar refractivity (Wildman–Crippen MR) is 176 cm³/mol. The van der Waals surface area contributed by atoms with Gasteiger partial charge < -0.3 is 25.6 Å². The number of nitrogens with zero attached hydrogens (tertiary/aromatic N) is 5. The largest absolute Gasteiger partial charge is 0.505 e. The van der Waals surface area contributed by atoms with Crippen LogP contribution >= 0.6 is 12.0 Å². The van der Waals surface area contributed by atoms with Crippen LogP contribution in [0, 0.1) is 6.92 Å². The minimum Gasteiger partial charge on any atom is -0.505 e. The van der Waals surface area contributed by atoms with Crippen molar-refractivity contribution in [3.63, 3.8) is 0 Å². The maximum absolute atomic E-state index is 12.3. The lowest BCUT2D eigenvalue weighted by Gasteiger charge is -2.16. The molecule has 3 aromatic carbocycles. The summed E-state index contributed by atoms with van der Waals surface area (Å²) in [6.45, 7) is 3.63. The van der Waals surface area contributed by atoms with E-state index in [2.05, 4.69) is 45.2 Å². The molecule has 0 spiro atoms. The standard InChI is InChI=1S/C27H29N7O13S3/c1-3-4-9-45-27-31-25(28-8-7-21(35)36)30-26(32-27)29-18-13-16(49(39,40)41)11-15-12-19(48-47-46-38)23(24(37)22(15)18)34-33-17-6-5-14(2)10-20(17)50(42,43)44/h5-6,10-13,37-38H,3-4,7-9H2,1-2H3,(H,35,36)(H,39,40,41)(H,42,43,44)(H2,28,29,30,31,32). The number of anilines is 3. The first-order chi connectivity index (χ1) is 23.6. The van der Waals surface area contributed by atoms with Gasteiger partial charge in [-0.15, -0.1) is 14.6 Å². The number of rotatable bonds is 17. The van der Waals surface area contributed by atoms with Gasteiger partial charge in [-0.3, -0.25) is 13.9 Å². The lowest BCUT2D eigenvalue weighted by molar-refractivity contribution is -0.432. The van der Waals surface area contributed by atoms with E-state index in [9.17, 15) is 35.8 Å². The first-order valence-corrected chi connectivity index (χ1v) is 17.8. The molecule has 0 saturated heterocycles. The molecule has 20 nitrogen and oxygen atoms in total. The van der Waals surface area contributed by atoms with Gasteiger partial charge in [0.15, 0.2) is 5.75 Å². The number of hydrogen-bond donors (Lipinski definition) is 7. The second-order valence-corrected chi connectivity index (χ2v) is 13.7. The number of carboxylic acid groups (broad SMARTS) is 1. The van der Waals surface area contributed by atoms with Crippen molar-refractivity contribution in [2.24, 2.45) is 10.2 Å². The summed E-state index contributed by atoms with van der Waals surface area (Å²) in [6.07, 6.45) is 1.14. The highest BCUT2D eigenvalue weighted by molar-refractivity contribution is 7.94. The summed E-state index contributed by atoms with van der Waals surface area (Å²) >= 11 is 0.284. The number of carbonyl (C=O) groups is 1. The molecule has 0 unspecified atom stereocenters. The van der Waals surface area contributed by atoms with Crippen LogP contribution in [0.3, 0.4) is 0 Å². The van der Waals surface area contributed by atoms with Crippen LogP contribution in [0.5, 0.6) is 11.8 Å². The molecule has 0 aliphatic carbocycles. The molecular formula is C27H29N7O13S3. The Morgan fingerprint density at radius 2 is 1.74 bits per heavy atom. The molecule has 50 heavy (non-hydrogen) atoms. The third kappa shape index (κ3) is 9.91. The molecule has 0 amide bonds. The number of phenolic OH excluding ortho intramolecular Hbond substituents is 1. The number of azo groups is 1. The molecule has 0 saturated carbocycles. The molecular weight excluding hydrogens is 727 g/mol. The second-order valence-electron chi connectivity index (χ2n) is 10.2. The van der Waals surface area contributed by atoms with Crippen molar-refractivity contribution in [3.8, 4) is 11.8 Å². The van der Waals surface area contributed by atoms with Crippen molar-refractivity contribution in [2.45, 2.75) is 47.8 Å². The lowest BCUT2D eigenvalue weighted by Crippen LogP contribution is -2.13. The minimum absolute atomic E-state index is 0.0645. The fourth-order valence-corrected chi connectivity index (χ4v) is 5.95. The molecule has 4 aromatic rings. The van der Waals surface area contributed by atoms with Crippen LogP contribution in [0.2, 0.25) is 0 Å². The van der Waals surface area contributed by atoms with Gasteiger partial charge in [-0.1, -0.05) is 24.4 Å². The highest BCUT2D eigenvalue weighted by Crippen LogP contribution is 2.47. The second kappa shape index (κ2) is 16.3. The maximum atomic E-state index is 12.3. The molecule has 0 fully saturated rings. The number of carboxylic acids is 1. The quantitative estimate of drug-likeness (QED) is 0.0182. The summed E-state index contributed by atoms with van der Waals surface area (Å²) in [5.74, 6) is -2.19. The molecule has 23 heteroatoms. The van der Waals surface area contributed by atoms with Gasteiger partial charge in [-0.05, 0) is 54.6 Å². The molecule has 1 aromatic heterocycles. The number of phenols is 1. The lowest BCUT2D eigenvalue weighted by atomic mass is 10.1. The zero-order valence-electron chi connectivity index (χ0n) is 26.0. The number of nitrogens with one attached hydrogen (secondary N) is 2. The van der Waals surface area contributed by atoms with Gasteiger partial charge in [0, 0.05) is 11.9 Å². The molecule has 1 heterocycles. The van der Waals surface area contributed by atoms with E-state index >= 15 is 0 Å². The van der Waals surface area contributed by atoms with Crippen LogP contribution in [0.25, 0.3) is 10.8 Å². The summed E-state index contributed by atoms with van der Waals surface area (Å²) in [5, 5.41) is 46.1. The minimum atomic E-state index is -4.87. The highest BCUT2D eigenvalue weighted by Gasteiger charge is 2.23. The highest BCUT2D eigenvalue weighted by atomic mass is 32.2. The molecule has 268 valence electrons. The normalized spacial score (nSPS) is 12.0. The summed E-state index contributed by atoms with van der Waals surface area (Å²) in [6, 6.07) is 6.82. The topological polar surface area (TPSA) is 302 Å². The summed E-state index contributed by atoms with van der Waals surface area (Å²) in [7, 11) is -9.64. The van der Waals surface area contributed by atoms with Gasteiger partial charge >= 0.3 is 12.0 Å². The van der Waals surface area contributed by atoms with E-state index in [1.165, 1.54) is 18.2 Å². The number of aryl methyl sites for hydroxylation is 1. The Morgan fingerprint density at radius 3 is 2.40 bits per heavy atom. The molecule has 0 atom stereocenters. The van der Waals surface area contributed by atoms with Crippen molar-refractivity contribution < 1.29 is 60.3 Å². The first-order valence-electron chi connectivity index (χ1n) is 14.2. The van der Waals surface area contributed by atoms with Crippen molar-refractivity contribution in [2.75, 3.05) is 23.8 Å². The maximum Gasteiger partial charge on any atom is 0.323 e. The Labute approximate surface area is 288 Å². The smallest absolute Gasteiger partial charge is 0.323 e. The number of ether oxygens (including phenoxy) is 1. The molecule has 0 aliphatic heterocycles. The number of fused-ring (bicyclic) bond motifs is 1. The Morgan fingerprint density at radius 1 is 1.00 bits per heavy atom. The molecule has 0 bridgehead atoms. The average Bonchev–Trinajstić information content (AvgIpc) is 3.02. The Balaban J connectivity index is 1.93. The van der Waals surface area contributed by atoms with Gasteiger partial charge in [0.05, 0.1) is 40.5 Å². The van der Waals surface area contributed by atoms with Crippen LogP contribution in [0.15, 0.2) is 61.3 Å². The van der Waals surface area contributed by atoms with Crippen LogP contribution in [-0.2, 0) is 34.4 Å². The third-order valence-electron chi connectivity index (χ3n) is 6.44. The number of aromatic hydroxyl groups is 1. The van der Waals surface area contributed by atoms with Crippen molar-refractivity contribution in [3.05, 3.63) is 42.0 Å². The number of aromatic nitrogens is 3. The van der Waals surface area contributed by atoms with Crippen LogP contribution < -0.4 is 15.4 Å². The van der Waals surface area contributed by atoms with E-state index in [0.29, 0.717) is 12.0 Å². The summed E-state index contributed by atoms with van der Waals surface area (Å²) < 4.78 is 78.3. The van der Waals surface area contributed by atoms with Gasteiger partial charge in [-0.2, -0.15) is 31.8 Å². The monoisotopic (exact) mass is 755 g/mol. The summed E-state index contributed by atoms with van der Waals surface area (Å²) in [5.41, 5.74) is -0.496. The van der Waals surface area contributed by atoms with Gasteiger partial charge in [0.25, 0.3) is 20.2 Å². The van der Waals surface area contributed by atoms with Crippen LogP contribution in [0.1, 0.15) is 31.7 Å². The number of aliphatic carboxylic acids is 1. The van der Waals surface area contributed by atoms with E-state index < -0.39 is 47.4 Å². The SMILES string of the molecule is CCCCOc1nc(NCCC(=O)O)nc(Nc2cc(S(=O)(=O)O)cc3cc(SOOO)c(N=Nc4ccc(C)cc4S(=O)(=O)O)c(O)c23)n1. The van der Waals surface area contributed by atoms with E-state index in [1.54, 1.807) is 6.92 Å². The van der Waals surface area contributed by atoms with Crippen molar-refractivity contribution in [1.82, 2.24) is 15.0 Å². The zero-order chi connectivity index (χ0) is 36.6. The predicted octanol–water partition coefficient (Wildman–Crippen LogP) is 5.19. The summed E-state index contributed by atoms with van der Waals surface area (Å²) in [4.78, 5) is 22.1. The fraction of sp³-hybridized carbons (Fsp3) is 0.259. The van der Waals surface area contributed by atoms with Gasteiger partial charge in [-0.25, -0.2) is 5.26 Å². The first kappa shape index (κ1) is 38.1. The van der Waals surface area contributed by atoms with Crippen molar-refractivity contribution in [1.29, 1.82) is 0 Å². The third-order valence-corrected chi connectivity index (χ3v) is 8.77. The van der Waals surface area contributed by atoms with Crippen molar-refractivity contribution >= 4 is 78.0 Å². The average molecular weight is 756 g/mol. The van der Waals surface area contributed by atoms with E-state index in [4.69, 9.17) is 15.1 Å².